The Kier molecular flexibility index (Phi) is 10.7. The molecule has 0 bridgehead atoms. The highest BCUT2D eigenvalue weighted by Crippen LogP contribution is 2.26. The lowest BCUT2D eigenvalue weighted by atomic mass is 9.93. The molecule has 1 atom stereocenters. The summed E-state index contributed by atoms with van der Waals surface area (Å²) in [7, 11) is 0. The first-order valence-electron chi connectivity index (χ1n) is 15.3. The first-order valence-corrected chi connectivity index (χ1v) is 15.3. The lowest BCUT2D eigenvalue weighted by Crippen LogP contribution is -2.37. The van der Waals surface area contributed by atoms with E-state index in [0.29, 0.717) is 30.6 Å². The molecule has 0 saturated carbocycles. The number of amides is 3. The molecule has 1 heterocycles. The van der Waals surface area contributed by atoms with E-state index in [0.717, 1.165) is 27.8 Å². The quantitative estimate of drug-likeness (QED) is 0.158. The van der Waals surface area contributed by atoms with Crippen molar-refractivity contribution >= 4 is 29.7 Å². The summed E-state index contributed by atoms with van der Waals surface area (Å²) < 4.78 is 5.15. The zero-order valence-electron chi connectivity index (χ0n) is 25.8. The van der Waals surface area contributed by atoms with Gasteiger partial charge in [0.1, 0.15) is 12.4 Å². The van der Waals surface area contributed by atoms with E-state index in [9.17, 15) is 24.3 Å². The molecule has 0 saturated heterocycles. The van der Waals surface area contributed by atoms with Crippen molar-refractivity contribution in [2.75, 3.05) is 6.54 Å². The van der Waals surface area contributed by atoms with Crippen LogP contribution in [-0.2, 0) is 46.9 Å². The van der Waals surface area contributed by atoms with Crippen LogP contribution in [0, 0.1) is 5.92 Å². The molecule has 1 aliphatic rings. The van der Waals surface area contributed by atoms with Crippen LogP contribution in [0.4, 0.5) is 4.79 Å². The minimum atomic E-state index is -1.04. The van der Waals surface area contributed by atoms with E-state index in [1.54, 1.807) is 41.3 Å². The van der Waals surface area contributed by atoms with Crippen molar-refractivity contribution in [3.05, 3.63) is 142 Å². The third-order valence-corrected chi connectivity index (χ3v) is 8.01. The van der Waals surface area contributed by atoms with Gasteiger partial charge in [0.05, 0.1) is 12.3 Å². The number of carbonyl (C=O) groups excluding carboxylic acids is 3. The van der Waals surface area contributed by atoms with Gasteiger partial charge >= 0.3 is 12.1 Å². The fourth-order valence-corrected chi connectivity index (χ4v) is 5.47. The predicted octanol–water partition coefficient (Wildman–Crippen LogP) is 4.88. The highest BCUT2D eigenvalue weighted by atomic mass is 16.5. The molecule has 3 amide bonds. The van der Waals surface area contributed by atoms with Crippen molar-refractivity contribution in [1.82, 2.24) is 10.2 Å². The van der Waals surface area contributed by atoms with Gasteiger partial charge in [0.25, 0.3) is 5.91 Å². The molecule has 10 heteroatoms. The number of benzene rings is 4. The molecule has 1 aliphatic heterocycles. The molecule has 4 aromatic rings. The van der Waals surface area contributed by atoms with E-state index >= 15 is 0 Å². The Morgan fingerprint density at radius 1 is 0.851 bits per heavy atom. The second-order valence-corrected chi connectivity index (χ2v) is 11.4. The summed E-state index contributed by atoms with van der Waals surface area (Å²) in [6.07, 6.45) is -0.171. The molecular weight excluding hydrogens is 596 g/mol. The summed E-state index contributed by atoms with van der Waals surface area (Å²) in [6.45, 7) is 1.14. The summed E-state index contributed by atoms with van der Waals surface area (Å²) >= 11 is 0. The molecule has 0 spiro atoms. The molecule has 4 aromatic carbocycles. The van der Waals surface area contributed by atoms with Crippen LogP contribution < -0.4 is 11.1 Å². The number of hydrogen-bond donors (Lipinski definition) is 3. The van der Waals surface area contributed by atoms with Crippen molar-refractivity contribution in [1.29, 1.82) is 0 Å². The molecule has 0 radical (unpaired) electrons. The molecule has 1 unspecified atom stereocenters. The lowest BCUT2D eigenvalue weighted by molar-refractivity contribution is -0.144. The summed E-state index contributed by atoms with van der Waals surface area (Å²) in [4.78, 5) is 55.8. The first kappa shape index (κ1) is 32.6. The van der Waals surface area contributed by atoms with Crippen molar-refractivity contribution in [3.8, 4) is 0 Å². The van der Waals surface area contributed by atoms with Crippen LogP contribution in [0.25, 0.3) is 0 Å². The lowest BCUT2D eigenvalue weighted by Gasteiger charge is -2.24. The van der Waals surface area contributed by atoms with Gasteiger partial charge in [0, 0.05) is 30.8 Å². The summed E-state index contributed by atoms with van der Waals surface area (Å²) in [5, 5.41) is 12.4. The van der Waals surface area contributed by atoms with Crippen molar-refractivity contribution in [2.24, 2.45) is 16.6 Å². The van der Waals surface area contributed by atoms with E-state index in [1.165, 1.54) is 0 Å². The zero-order valence-corrected chi connectivity index (χ0v) is 25.8. The Labute approximate surface area is 272 Å². The van der Waals surface area contributed by atoms with Crippen LogP contribution in [0.1, 0.15) is 50.2 Å². The predicted molar refractivity (Wildman–Crippen MR) is 176 cm³/mol. The average Bonchev–Trinajstić information content (AvgIpc) is 3.21. The Morgan fingerprint density at radius 3 is 2.19 bits per heavy atom. The molecular formula is C37H36N4O6. The number of carbonyl (C=O) groups is 4. The highest BCUT2D eigenvalue weighted by molar-refractivity contribution is 6.02. The van der Waals surface area contributed by atoms with Crippen molar-refractivity contribution in [3.63, 3.8) is 0 Å². The number of ether oxygens (including phenoxy) is 1. The summed E-state index contributed by atoms with van der Waals surface area (Å²) in [5.41, 5.74) is 11.4. The number of fused-ring (bicyclic) bond motifs is 1. The molecule has 240 valence electrons. The molecule has 0 aliphatic carbocycles. The summed E-state index contributed by atoms with van der Waals surface area (Å²) in [6, 6.07) is 31.4. The Hall–Kier alpha value is -5.77. The van der Waals surface area contributed by atoms with E-state index < -0.39 is 18.0 Å². The van der Waals surface area contributed by atoms with Crippen molar-refractivity contribution in [2.45, 2.75) is 39.0 Å². The van der Waals surface area contributed by atoms with Gasteiger partial charge in [-0.25, -0.2) is 4.79 Å². The van der Waals surface area contributed by atoms with Crippen LogP contribution in [0.15, 0.2) is 108 Å². The summed E-state index contributed by atoms with van der Waals surface area (Å²) in [5.74, 6) is -2.23. The van der Waals surface area contributed by atoms with Crippen LogP contribution in [0.3, 0.4) is 0 Å². The number of amidine groups is 1. The topological polar surface area (TPSA) is 151 Å². The van der Waals surface area contributed by atoms with Gasteiger partial charge in [-0.1, -0.05) is 91.0 Å². The minimum Gasteiger partial charge on any atom is -0.481 e. The molecule has 4 N–H and O–H groups in total. The highest BCUT2D eigenvalue weighted by Gasteiger charge is 2.31. The van der Waals surface area contributed by atoms with Crippen LogP contribution >= 0.6 is 0 Å². The molecule has 0 aromatic heterocycles. The van der Waals surface area contributed by atoms with Crippen LogP contribution in [-0.4, -0.2) is 46.3 Å². The number of aliphatic imine (C=N–C) groups is 1. The maximum atomic E-state index is 13.4. The van der Waals surface area contributed by atoms with E-state index in [4.69, 9.17) is 10.5 Å². The molecule has 5 rings (SSSR count). The van der Waals surface area contributed by atoms with Crippen molar-refractivity contribution < 1.29 is 29.0 Å². The standard InChI is InChI=1S/C37H36N4O6/c38-34(40-37(46)47-24-27-9-5-2-6-10-27)28-13-11-26(12-14-28)22-39-35(44)29-15-16-30-23-41(18-17-25-7-3-1-4-8-25)36(45)32(21-33(42)43)20-31(30)19-29/h1-16,19,32H,17-18,20-24H2,(H,39,44)(H,42,43)(H2,38,40,46). The van der Waals surface area contributed by atoms with Gasteiger partial charge in [-0.15, -0.1) is 0 Å². The average molecular weight is 633 g/mol. The third-order valence-electron chi connectivity index (χ3n) is 8.01. The molecule has 47 heavy (non-hydrogen) atoms. The smallest absolute Gasteiger partial charge is 0.435 e. The molecule has 0 fully saturated rings. The number of hydrogen-bond acceptors (Lipinski definition) is 5. The fraction of sp³-hybridized carbons (Fsp3) is 0.216. The van der Waals surface area contributed by atoms with E-state index in [2.05, 4.69) is 10.3 Å². The zero-order chi connectivity index (χ0) is 33.2. The number of rotatable bonds is 11. The Balaban J connectivity index is 1.19. The van der Waals surface area contributed by atoms with Gasteiger partial charge in [-0.2, -0.15) is 4.99 Å². The van der Waals surface area contributed by atoms with Crippen LogP contribution in [0.5, 0.6) is 0 Å². The number of nitrogens with two attached hydrogens (primary N) is 1. The number of aliphatic carboxylic acids is 1. The second-order valence-electron chi connectivity index (χ2n) is 11.4. The van der Waals surface area contributed by atoms with Gasteiger partial charge in [0.15, 0.2) is 0 Å². The second kappa shape index (κ2) is 15.5. The maximum Gasteiger partial charge on any atom is 0.435 e. The normalized spacial score (nSPS) is 14.6. The number of nitrogens with zero attached hydrogens (tertiary/aromatic N) is 2. The third kappa shape index (κ3) is 9.13. The largest absolute Gasteiger partial charge is 0.481 e. The van der Waals surface area contributed by atoms with Gasteiger partial charge < -0.3 is 25.8 Å². The van der Waals surface area contributed by atoms with Crippen LogP contribution in [0.2, 0.25) is 0 Å². The Bertz CT molecular complexity index is 1760. The van der Waals surface area contributed by atoms with Gasteiger partial charge in [0.2, 0.25) is 5.91 Å². The Morgan fingerprint density at radius 2 is 1.51 bits per heavy atom. The first-order chi connectivity index (χ1) is 22.7. The minimum absolute atomic E-state index is 0.0157. The van der Waals surface area contributed by atoms with E-state index in [-0.39, 0.29) is 43.6 Å². The number of nitrogens with one attached hydrogen (secondary N) is 1. The number of carboxylic acids is 1. The van der Waals surface area contributed by atoms with Gasteiger partial charge in [-0.3, -0.25) is 14.4 Å². The van der Waals surface area contributed by atoms with Gasteiger partial charge in [-0.05, 0) is 52.8 Å². The van der Waals surface area contributed by atoms with E-state index in [1.807, 2.05) is 66.7 Å². The fourth-order valence-electron chi connectivity index (χ4n) is 5.47. The molecule has 10 nitrogen and oxygen atoms in total. The maximum absolute atomic E-state index is 13.4. The monoisotopic (exact) mass is 632 g/mol. The SMILES string of the molecule is NC(=NC(=O)OCc1ccccc1)c1ccc(CNC(=O)c2ccc3c(c2)CC(CC(=O)O)C(=O)N(CCc2ccccc2)C3)cc1. The number of carboxylic acid groups (broad SMARTS) is 1.